The van der Waals surface area contributed by atoms with Crippen molar-refractivity contribution in [3.63, 3.8) is 0 Å². The van der Waals surface area contributed by atoms with Gasteiger partial charge in [0.15, 0.2) is 0 Å². The third-order valence-corrected chi connectivity index (χ3v) is 4.46. The molecule has 1 fully saturated rings. The lowest BCUT2D eigenvalue weighted by Gasteiger charge is -2.20. The lowest BCUT2D eigenvalue weighted by atomic mass is 9.99. The average Bonchev–Trinajstić information content (AvgIpc) is 3.00. The fraction of sp³-hybridized carbons (Fsp3) is 0.500. The number of para-hydroxylation sites is 2. The van der Waals surface area contributed by atoms with Gasteiger partial charge in [-0.05, 0) is 37.8 Å². The molecule has 3 rings (SSSR count). The molecular formula is C16H21N3O2. The van der Waals surface area contributed by atoms with E-state index >= 15 is 0 Å². The van der Waals surface area contributed by atoms with Crippen molar-refractivity contribution in [2.75, 3.05) is 0 Å². The van der Waals surface area contributed by atoms with E-state index in [9.17, 15) is 9.90 Å². The molecule has 2 aromatic rings. The highest BCUT2D eigenvalue weighted by Crippen LogP contribution is 2.39. The number of nitrogens with two attached hydrogens (primary N) is 1. The van der Waals surface area contributed by atoms with Gasteiger partial charge in [0.05, 0.1) is 11.0 Å². The summed E-state index contributed by atoms with van der Waals surface area (Å²) in [4.78, 5) is 16.1. The summed E-state index contributed by atoms with van der Waals surface area (Å²) in [6.45, 7) is 2.13. The Bertz CT molecular complexity index is 679. The van der Waals surface area contributed by atoms with Gasteiger partial charge < -0.3 is 15.4 Å². The van der Waals surface area contributed by atoms with Crippen LogP contribution >= 0.6 is 0 Å². The molecule has 1 aromatic carbocycles. The fourth-order valence-electron chi connectivity index (χ4n) is 3.37. The smallest absolute Gasteiger partial charge is 0.323 e. The Morgan fingerprint density at radius 1 is 1.52 bits per heavy atom. The molecule has 1 aliphatic carbocycles. The van der Waals surface area contributed by atoms with Gasteiger partial charge in [-0.15, -0.1) is 0 Å². The summed E-state index contributed by atoms with van der Waals surface area (Å²) in [7, 11) is 0. The predicted octanol–water partition coefficient (Wildman–Crippen LogP) is 2.50. The minimum absolute atomic E-state index is 0.125. The third-order valence-electron chi connectivity index (χ3n) is 4.46. The second kappa shape index (κ2) is 5.15. The summed E-state index contributed by atoms with van der Waals surface area (Å²) in [5.74, 6) is 0.143. The number of aryl methyl sites for hydroxylation is 1. The van der Waals surface area contributed by atoms with Crippen LogP contribution in [0.1, 0.15) is 44.5 Å². The van der Waals surface area contributed by atoms with Crippen LogP contribution in [-0.2, 0) is 11.2 Å². The maximum Gasteiger partial charge on any atom is 0.323 e. The van der Waals surface area contributed by atoms with Crippen molar-refractivity contribution in [2.24, 2.45) is 5.73 Å². The van der Waals surface area contributed by atoms with Crippen LogP contribution < -0.4 is 5.73 Å². The zero-order valence-corrected chi connectivity index (χ0v) is 12.2. The summed E-state index contributed by atoms with van der Waals surface area (Å²) < 4.78 is 2.22. The molecule has 1 aliphatic rings. The summed E-state index contributed by atoms with van der Waals surface area (Å²) in [5, 5.41) is 9.32. The SMILES string of the molecule is CCCc1nc2ccccc2n1C1CCC(N)(C(=O)O)C1. The molecule has 2 atom stereocenters. The summed E-state index contributed by atoms with van der Waals surface area (Å²) in [6, 6.07) is 8.16. The summed E-state index contributed by atoms with van der Waals surface area (Å²) in [6.07, 6.45) is 3.70. The second-order valence-corrected chi connectivity index (χ2v) is 5.99. The first-order valence-corrected chi connectivity index (χ1v) is 7.53. The van der Waals surface area contributed by atoms with Gasteiger partial charge in [0.1, 0.15) is 11.4 Å². The van der Waals surface area contributed by atoms with Gasteiger partial charge in [0.2, 0.25) is 0 Å². The number of aliphatic carboxylic acids is 1. The number of aromatic nitrogens is 2. The van der Waals surface area contributed by atoms with E-state index in [1.807, 2.05) is 18.2 Å². The third kappa shape index (κ3) is 2.31. The number of imidazole rings is 1. The van der Waals surface area contributed by atoms with Crippen LogP contribution in [0.2, 0.25) is 0 Å². The molecule has 1 heterocycles. The monoisotopic (exact) mass is 287 g/mol. The van der Waals surface area contributed by atoms with Gasteiger partial charge in [-0.3, -0.25) is 4.79 Å². The van der Waals surface area contributed by atoms with Gasteiger partial charge in [0.25, 0.3) is 0 Å². The highest BCUT2D eigenvalue weighted by molar-refractivity contribution is 5.79. The molecule has 0 bridgehead atoms. The Morgan fingerprint density at radius 3 is 2.95 bits per heavy atom. The molecule has 0 amide bonds. The number of carboxylic acid groups (broad SMARTS) is 1. The van der Waals surface area contributed by atoms with Gasteiger partial charge in [-0.25, -0.2) is 4.98 Å². The molecule has 112 valence electrons. The zero-order chi connectivity index (χ0) is 15.0. The summed E-state index contributed by atoms with van der Waals surface area (Å²) >= 11 is 0. The van der Waals surface area contributed by atoms with E-state index in [1.54, 1.807) is 0 Å². The van der Waals surface area contributed by atoms with Crippen molar-refractivity contribution in [2.45, 2.75) is 50.6 Å². The van der Waals surface area contributed by atoms with E-state index in [2.05, 4.69) is 17.6 Å². The van der Waals surface area contributed by atoms with Gasteiger partial charge >= 0.3 is 5.97 Å². The second-order valence-electron chi connectivity index (χ2n) is 5.99. The number of benzene rings is 1. The Hall–Kier alpha value is -1.88. The molecule has 1 aromatic heterocycles. The number of carbonyl (C=O) groups is 1. The van der Waals surface area contributed by atoms with Gasteiger partial charge in [-0.2, -0.15) is 0 Å². The van der Waals surface area contributed by atoms with E-state index in [0.717, 1.165) is 36.1 Å². The molecule has 3 N–H and O–H groups in total. The van der Waals surface area contributed by atoms with Gasteiger partial charge in [0, 0.05) is 12.5 Å². The largest absolute Gasteiger partial charge is 0.480 e. The fourth-order valence-corrected chi connectivity index (χ4v) is 3.37. The van der Waals surface area contributed by atoms with E-state index in [1.165, 1.54) is 0 Å². The minimum Gasteiger partial charge on any atom is -0.480 e. The van der Waals surface area contributed by atoms with Crippen LogP contribution in [0.3, 0.4) is 0 Å². The maximum atomic E-state index is 11.4. The van der Waals surface area contributed by atoms with E-state index in [-0.39, 0.29) is 6.04 Å². The standard InChI is InChI=1S/C16H21N3O2/c1-2-5-14-18-12-6-3-4-7-13(12)19(14)11-8-9-16(17,10-11)15(20)21/h3-4,6-7,11H,2,5,8-10,17H2,1H3,(H,20,21). The number of carboxylic acids is 1. The van der Waals surface area contributed by atoms with Crippen molar-refractivity contribution < 1.29 is 9.90 Å². The van der Waals surface area contributed by atoms with E-state index < -0.39 is 11.5 Å². The first-order valence-electron chi connectivity index (χ1n) is 7.53. The van der Waals surface area contributed by atoms with Crippen LogP contribution in [0, 0.1) is 0 Å². The lowest BCUT2D eigenvalue weighted by molar-refractivity contribution is -0.143. The number of fused-ring (bicyclic) bond motifs is 1. The van der Waals surface area contributed by atoms with E-state index in [4.69, 9.17) is 10.7 Å². The quantitative estimate of drug-likeness (QED) is 0.905. The van der Waals surface area contributed by atoms with Crippen molar-refractivity contribution in [1.29, 1.82) is 0 Å². The van der Waals surface area contributed by atoms with Crippen LogP contribution in [-0.4, -0.2) is 26.2 Å². The zero-order valence-electron chi connectivity index (χ0n) is 12.2. The topological polar surface area (TPSA) is 81.1 Å². The molecule has 0 spiro atoms. The molecule has 0 radical (unpaired) electrons. The number of hydrogen-bond donors (Lipinski definition) is 2. The molecule has 5 heteroatoms. The van der Waals surface area contributed by atoms with Crippen molar-refractivity contribution in [1.82, 2.24) is 9.55 Å². The number of hydrogen-bond acceptors (Lipinski definition) is 3. The molecule has 1 saturated carbocycles. The summed E-state index contributed by atoms with van der Waals surface area (Å²) in [5.41, 5.74) is 7.00. The van der Waals surface area contributed by atoms with Crippen LogP contribution in [0.4, 0.5) is 0 Å². The number of rotatable bonds is 4. The highest BCUT2D eigenvalue weighted by Gasteiger charge is 2.43. The number of nitrogens with zero attached hydrogens (tertiary/aromatic N) is 2. The Balaban J connectivity index is 2.03. The molecule has 5 nitrogen and oxygen atoms in total. The van der Waals surface area contributed by atoms with Crippen LogP contribution in [0.5, 0.6) is 0 Å². The van der Waals surface area contributed by atoms with Gasteiger partial charge in [-0.1, -0.05) is 19.1 Å². The van der Waals surface area contributed by atoms with Crippen LogP contribution in [0.15, 0.2) is 24.3 Å². The van der Waals surface area contributed by atoms with Crippen molar-refractivity contribution in [3.8, 4) is 0 Å². The minimum atomic E-state index is -1.10. The average molecular weight is 287 g/mol. The Labute approximate surface area is 123 Å². The Kier molecular flexibility index (Phi) is 3.45. The highest BCUT2D eigenvalue weighted by atomic mass is 16.4. The molecule has 2 unspecified atom stereocenters. The van der Waals surface area contributed by atoms with Crippen LogP contribution in [0.25, 0.3) is 11.0 Å². The first-order chi connectivity index (χ1) is 10.0. The Morgan fingerprint density at radius 2 is 2.29 bits per heavy atom. The normalized spacial score (nSPS) is 25.5. The molecule has 21 heavy (non-hydrogen) atoms. The molecule has 0 aliphatic heterocycles. The maximum absolute atomic E-state index is 11.4. The van der Waals surface area contributed by atoms with E-state index in [0.29, 0.717) is 12.8 Å². The van der Waals surface area contributed by atoms with Crippen molar-refractivity contribution in [3.05, 3.63) is 30.1 Å². The molecular weight excluding hydrogens is 266 g/mol. The predicted molar refractivity (Wildman–Crippen MR) is 81.2 cm³/mol. The lowest BCUT2D eigenvalue weighted by Crippen LogP contribution is -2.45. The molecule has 0 saturated heterocycles. The van der Waals surface area contributed by atoms with Crippen molar-refractivity contribution >= 4 is 17.0 Å². The first kappa shape index (κ1) is 14.1.